The van der Waals surface area contributed by atoms with Crippen LogP contribution in [0.25, 0.3) is 0 Å². The highest BCUT2D eigenvalue weighted by atomic mass is 16.6. The summed E-state index contributed by atoms with van der Waals surface area (Å²) < 4.78 is 5.79. The lowest BCUT2D eigenvalue weighted by molar-refractivity contribution is -0.612. The molecule has 23 heavy (non-hydrogen) atoms. The highest BCUT2D eigenvalue weighted by Gasteiger charge is 2.59. The Balaban J connectivity index is 1.59. The monoisotopic (exact) mass is 317 g/mol. The summed E-state index contributed by atoms with van der Waals surface area (Å²) >= 11 is 0. The molecular formula is C17H23N3O3. The quantitative estimate of drug-likeness (QED) is 0.524. The first-order chi connectivity index (χ1) is 10.8. The van der Waals surface area contributed by atoms with Crippen molar-refractivity contribution >= 4 is 11.6 Å². The summed E-state index contributed by atoms with van der Waals surface area (Å²) in [4.78, 5) is 11.9. The van der Waals surface area contributed by atoms with E-state index in [9.17, 15) is 10.0 Å². The van der Waals surface area contributed by atoms with Crippen LogP contribution in [0.4, 0.5) is 0 Å². The van der Waals surface area contributed by atoms with Crippen molar-refractivity contribution in [3.05, 3.63) is 29.6 Å². The molecule has 0 aliphatic heterocycles. The highest BCUT2D eigenvalue weighted by Crippen LogP contribution is 2.63. The Morgan fingerprint density at radius 2 is 2.26 bits per heavy atom. The largest absolute Gasteiger partial charge is 0.616 e. The third-order valence-electron chi connectivity index (χ3n) is 5.97. The van der Waals surface area contributed by atoms with Crippen LogP contribution in [-0.4, -0.2) is 18.2 Å². The van der Waals surface area contributed by atoms with Crippen LogP contribution >= 0.6 is 0 Å². The number of pyridine rings is 1. The zero-order chi connectivity index (χ0) is 16.7. The van der Waals surface area contributed by atoms with Gasteiger partial charge in [-0.25, -0.2) is 5.43 Å². The van der Waals surface area contributed by atoms with E-state index < -0.39 is 0 Å². The summed E-state index contributed by atoms with van der Waals surface area (Å²) in [6.45, 7) is 6.60. The lowest BCUT2D eigenvalue weighted by Crippen LogP contribution is -2.35. The lowest BCUT2D eigenvalue weighted by Gasteiger charge is -2.34. The molecule has 1 heterocycles. The van der Waals surface area contributed by atoms with Crippen LogP contribution in [0.15, 0.2) is 29.5 Å². The van der Waals surface area contributed by atoms with E-state index in [0.717, 1.165) is 18.6 Å². The molecule has 1 aromatic heterocycles. The Labute approximate surface area is 136 Å². The van der Waals surface area contributed by atoms with Crippen LogP contribution in [0.5, 0.6) is 5.88 Å². The Morgan fingerprint density at radius 3 is 2.87 bits per heavy atom. The van der Waals surface area contributed by atoms with E-state index in [4.69, 9.17) is 4.74 Å². The van der Waals surface area contributed by atoms with Crippen molar-refractivity contribution in [2.45, 2.75) is 40.0 Å². The molecule has 0 spiro atoms. The molecule has 2 unspecified atom stereocenters. The number of amides is 1. The van der Waals surface area contributed by atoms with E-state index in [1.807, 2.05) is 0 Å². The Hall–Kier alpha value is -2.11. The Bertz CT molecular complexity index is 656. The number of nitrogens with zero attached hydrogens (tertiary/aromatic N) is 2. The fourth-order valence-electron chi connectivity index (χ4n) is 3.92. The lowest BCUT2D eigenvalue weighted by atomic mass is 9.70. The standard InChI is InChI=1S/C17H23N3O3/c1-16(2)12-7-8-17(16,3)13(10-12)18-19-14(21)11-23-15-6-4-5-9-20(15)22/h4-6,9,12H,7-8,10-11H2,1-3H3,(H,19,21). The van der Waals surface area contributed by atoms with Crippen molar-refractivity contribution in [3.8, 4) is 5.88 Å². The molecule has 2 saturated carbocycles. The fourth-order valence-corrected chi connectivity index (χ4v) is 3.92. The maximum atomic E-state index is 11.9. The number of hydrogen-bond acceptors (Lipinski definition) is 4. The van der Waals surface area contributed by atoms with Crippen LogP contribution in [0.1, 0.15) is 40.0 Å². The number of rotatable bonds is 4. The molecule has 0 aromatic carbocycles. The molecule has 1 aromatic rings. The predicted molar refractivity (Wildman–Crippen MR) is 85.7 cm³/mol. The summed E-state index contributed by atoms with van der Waals surface area (Å²) in [5.41, 5.74) is 3.94. The van der Waals surface area contributed by atoms with E-state index in [-0.39, 0.29) is 29.2 Å². The molecule has 2 aliphatic rings. The van der Waals surface area contributed by atoms with Gasteiger partial charge in [-0.3, -0.25) is 4.79 Å². The van der Waals surface area contributed by atoms with E-state index >= 15 is 0 Å². The van der Waals surface area contributed by atoms with Gasteiger partial charge in [0.25, 0.3) is 5.91 Å². The van der Waals surface area contributed by atoms with Crippen molar-refractivity contribution in [3.63, 3.8) is 0 Å². The highest BCUT2D eigenvalue weighted by molar-refractivity contribution is 5.95. The number of carbonyl (C=O) groups is 1. The summed E-state index contributed by atoms with van der Waals surface area (Å²) in [6, 6.07) is 4.80. The molecule has 2 bridgehead atoms. The molecular weight excluding hydrogens is 294 g/mol. The van der Waals surface area contributed by atoms with Gasteiger partial charge < -0.3 is 9.94 Å². The molecule has 3 rings (SSSR count). The van der Waals surface area contributed by atoms with Gasteiger partial charge in [0.05, 0.1) is 6.07 Å². The maximum Gasteiger partial charge on any atom is 0.379 e. The molecule has 1 N–H and O–H groups in total. The van der Waals surface area contributed by atoms with Gasteiger partial charge in [-0.2, -0.15) is 5.10 Å². The first kappa shape index (κ1) is 15.8. The van der Waals surface area contributed by atoms with Crippen molar-refractivity contribution in [2.75, 3.05) is 6.61 Å². The maximum absolute atomic E-state index is 11.9. The molecule has 124 valence electrons. The van der Waals surface area contributed by atoms with Crippen molar-refractivity contribution < 1.29 is 14.3 Å². The zero-order valence-electron chi connectivity index (χ0n) is 13.8. The van der Waals surface area contributed by atoms with Crippen LogP contribution in [0.3, 0.4) is 0 Å². The van der Waals surface area contributed by atoms with Gasteiger partial charge in [0, 0.05) is 17.2 Å². The number of nitrogens with one attached hydrogen (secondary N) is 1. The van der Waals surface area contributed by atoms with Crippen LogP contribution in [-0.2, 0) is 4.79 Å². The number of hydrazone groups is 1. The smallest absolute Gasteiger partial charge is 0.379 e. The molecule has 2 atom stereocenters. The van der Waals surface area contributed by atoms with E-state index in [0.29, 0.717) is 10.6 Å². The number of fused-ring (bicyclic) bond motifs is 2. The van der Waals surface area contributed by atoms with Crippen LogP contribution < -0.4 is 14.9 Å². The van der Waals surface area contributed by atoms with Crippen LogP contribution in [0, 0.1) is 22.0 Å². The molecule has 2 fully saturated rings. The number of ether oxygens (including phenoxy) is 1. The Kier molecular flexibility index (Phi) is 3.78. The van der Waals surface area contributed by atoms with Gasteiger partial charge in [-0.05, 0) is 36.7 Å². The van der Waals surface area contributed by atoms with Crippen molar-refractivity contribution in [1.82, 2.24) is 5.43 Å². The number of carbonyl (C=O) groups excluding carboxylic acids is 1. The van der Waals surface area contributed by atoms with E-state index in [2.05, 4.69) is 31.3 Å². The van der Waals surface area contributed by atoms with Gasteiger partial charge in [-0.15, -0.1) is 4.73 Å². The van der Waals surface area contributed by atoms with Gasteiger partial charge in [0.15, 0.2) is 12.8 Å². The van der Waals surface area contributed by atoms with Gasteiger partial charge in [0.1, 0.15) is 0 Å². The predicted octanol–water partition coefficient (Wildman–Crippen LogP) is 2.02. The number of aromatic nitrogens is 1. The summed E-state index contributed by atoms with van der Waals surface area (Å²) in [5.74, 6) is 0.386. The van der Waals surface area contributed by atoms with Crippen molar-refractivity contribution in [1.29, 1.82) is 0 Å². The third-order valence-corrected chi connectivity index (χ3v) is 5.97. The second kappa shape index (κ2) is 5.51. The van der Waals surface area contributed by atoms with Gasteiger partial charge in [-0.1, -0.05) is 20.8 Å². The topological polar surface area (TPSA) is 77.6 Å². The molecule has 6 nitrogen and oxygen atoms in total. The van der Waals surface area contributed by atoms with Crippen LogP contribution in [0.2, 0.25) is 0 Å². The van der Waals surface area contributed by atoms with Gasteiger partial charge >= 0.3 is 5.88 Å². The van der Waals surface area contributed by atoms with Crippen molar-refractivity contribution in [2.24, 2.45) is 21.8 Å². The second-order valence-corrected chi connectivity index (χ2v) is 7.24. The summed E-state index contributed by atoms with van der Waals surface area (Å²) in [6.07, 6.45) is 4.63. The fraction of sp³-hybridized carbons (Fsp3) is 0.588. The van der Waals surface area contributed by atoms with E-state index in [1.54, 1.807) is 12.1 Å². The first-order valence-corrected chi connectivity index (χ1v) is 8.01. The minimum atomic E-state index is -0.356. The van der Waals surface area contributed by atoms with E-state index in [1.165, 1.54) is 18.7 Å². The average molecular weight is 317 g/mol. The molecule has 0 saturated heterocycles. The third kappa shape index (κ3) is 2.56. The normalized spacial score (nSPS) is 29.7. The SMILES string of the molecule is CC12CCC(CC1=NNC(=O)COc1cccc[n+]1[O-])C2(C)C. The first-order valence-electron chi connectivity index (χ1n) is 8.01. The minimum Gasteiger partial charge on any atom is -0.616 e. The molecule has 6 heteroatoms. The second-order valence-electron chi connectivity index (χ2n) is 7.24. The average Bonchev–Trinajstić information content (AvgIpc) is 2.85. The molecule has 2 aliphatic carbocycles. The summed E-state index contributed by atoms with van der Waals surface area (Å²) in [7, 11) is 0. The summed E-state index contributed by atoms with van der Waals surface area (Å²) in [5, 5.41) is 15.8. The zero-order valence-corrected chi connectivity index (χ0v) is 13.8. The Morgan fingerprint density at radius 1 is 1.48 bits per heavy atom. The molecule has 1 amide bonds. The minimum absolute atomic E-state index is 0.0588. The molecule has 0 radical (unpaired) electrons. The number of hydrogen-bond donors (Lipinski definition) is 1. The van der Waals surface area contributed by atoms with Gasteiger partial charge in [0.2, 0.25) is 0 Å².